The largest absolute Gasteiger partial charge is 0.476 e. The monoisotopic (exact) mass is 587 g/mol. The minimum atomic E-state index is -1.25. The summed E-state index contributed by atoms with van der Waals surface area (Å²) in [4.78, 5) is 38.4. The first-order valence-corrected chi connectivity index (χ1v) is 15.3. The van der Waals surface area contributed by atoms with Crippen LogP contribution in [-0.4, -0.2) is 56.9 Å². The van der Waals surface area contributed by atoms with Gasteiger partial charge in [-0.25, -0.2) is 9.48 Å². The Bertz CT molecular complexity index is 1360. The number of carboxylic acid groups (broad SMARTS) is 1. The third-order valence-electron chi connectivity index (χ3n) is 8.37. The molecule has 43 heavy (non-hydrogen) atoms. The normalized spacial score (nSPS) is 22.0. The number of rotatable bonds is 12. The fraction of sp³-hybridized carbons (Fsp3) is 0.455. The lowest BCUT2D eigenvalue weighted by molar-refractivity contribution is -0.124. The van der Waals surface area contributed by atoms with Crippen molar-refractivity contribution in [3.63, 3.8) is 0 Å². The van der Waals surface area contributed by atoms with Gasteiger partial charge in [0.25, 0.3) is 5.91 Å². The highest BCUT2D eigenvalue weighted by Crippen LogP contribution is 2.23. The molecule has 0 bridgehead atoms. The molecule has 2 aliphatic rings. The summed E-state index contributed by atoms with van der Waals surface area (Å²) >= 11 is 0. The quantitative estimate of drug-likeness (QED) is 0.251. The molecule has 4 N–H and O–H groups in total. The first-order valence-electron chi connectivity index (χ1n) is 15.3. The Morgan fingerprint density at radius 3 is 2.14 bits per heavy atom. The van der Waals surface area contributed by atoms with Crippen LogP contribution in [0.15, 0.2) is 66.7 Å². The van der Waals surface area contributed by atoms with E-state index in [-0.39, 0.29) is 48.1 Å². The summed E-state index contributed by atoms with van der Waals surface area (Å²) < 4.78 is 7.39. The first-order chi connectivity index (χ1) is 21.0. The van der Waals surface area contributed by atoms with Crippen LogP contribution in [-0.2, 0) is 29.2 Å². The molecule has 0 unspecified atom stereocenters. The lowest BCUT2D eigenvalue weighted by Crippen LogP contribution is -2.51. The van der Waals surface area contributed by atoms with Gasteiger partial charge in [-0.3, -0.25) is 9.59 Å². The number of amides is 2. The van der Waals surface area contributed by atoms with Gasteiger partial charge in [0.15, 0.2) is 5.69 Å². The van der Waals surface area contributed by atoms with Crippen molar-refractivity contribution < 1.29 is 24.2 Å². The van der Waals surface area contributed by atoms with Crippen molar-refractivity contribution in [2.75, 3.05) is 0 Å². The van der Waals surface area contributed by atoms with Crippen molar-refractivity contribution in [1.29, 1.82) is 0 Å². The highest BCUT2D eigenvalue weighted by Gasteiger charge is 2.30. The Labute approximate surface area is 252 Å². The molecule has 10 heteroatoms. The maximum Gasteiger partial charge on any atom is 0.356 e. The third kappa shape index (κ3) is 8.52. The number of ether oxygens (including phenoxy) is 1. The minimum Gasteiger partial charge on any atom is -0.476 e. The fourth-order valence-corrected chi connectivity index (χ4v) is 6.09. The second kappa shape index (κ2) is 14.9. The van der Waals surface area contributed by atoms with Crippen LogP contribution < -0.4 is 16.0 Å². The highest BCUT2D eigenvalue weighted by atomic mass is 16.5. The number of aromatic carboxylic acids is 1. The van der Waals surface area contributed by atoms with Gasteiger partial charge in [-0.1, -0.05) is 86.3 Å². The summed E-state index contributed by atoms with van der Waals surface area (Å²) in [6, 6.07) is 21.1. The van der Waals surface area contributed by atoms with Gasteiger partial charge >= 0.3 is 5.97 Å². The summed E-state index contributed by atoms with van der Waals surface area (Å²) in [6.07, 6.45) is 7.31. The number of benzene rings is 2. The molecule has 2 saturated carbocycles. The Hall–Kier alpha value is -4.02. The van der Waals surface area contributed by atoms with Gasteiger partial charge in [-0.2, -0.15) is 5.10 Å². The lowest BCUT2D eigenvalue weighted by atomic mass is 9.90. The van der Waals surface area contributed by atoms with E-state index in [1.807, 2.05) is 48.5 Å². The van der Waals surface area contributed by atoms with Crippen LogP contribution in [0.4, 0.5) is 0 Å². The predicted octanol–water partition coefficient (Wildman–Crippen LogP) is 4.06. The number of carboxylic acids is 1. The summed E-state index contributed by atoms with van der Waals surface area (Å²) in [7, 11) is 0. The summed E-state index contributed by atoms with van der Waals surface area (Å²) in [5.41, 5.74) is 2.02. The van der Waals surface area contributed by atoms with Crippen molar-refractivity contribution >= 4 is 17.8 Å². The lowest BCUT2D eigenvalue weighted by Gasteiger charge is -2.33. The van der Waals surface area contributed by atoms with Gasteiger partial charge in [0.05, 0.1) is 18.8 Å². The van der Waals surface area contributed by atoms with E-state index in [1.54, 1.807) is 0 Å². The minimum absolute atomic E-state index is 0.0560. The Morgan fingerprint density at radius 1 is 0.814 bits per heavy atom. The number of carbonyl (C=O) groups is 3. The van der Waals surface area contributed by atoms with Crippen LogP contribution in [0.5, 0.6) is 0 Å². The van der Waals surface area contributed by atoms with Crippen LogP contribution in [0, 0.1) is 0 Å². The first kappa shape index (κ1) is 30.4. The van der Waals surface area contributed by atoms with Crippen molar-refractivity contribution in [1.82, 2.24) is 25.7 Å². The molecule has 0 saturated heterocycles. The molecular weight excluding hydrogens is 546 g/mol. The van der Waals surface area contributed by atoms with Gasteiger partial charge in [0.2, 0.25) is 5.91 Å². The number of nitrogens with one attached hydrogen (secondary N) is 3. The number of nitrogens with zero attached hydrogens (tertiary/aromatic N) is 2. The Balaban J connectivity index is 1.22. The molecule has 2 aliphatic carbocycles. The zero-order chi connectivity index (χ0) is 30.0. The average molecular weight is 588 g/mol. The standard InChI is InChI=1S/C33H41N5O5/c39-31(35-27-17-9-10-18-30(27)43-22-24-13-5-2-6-14-24)21-38-29(19-28(37-38)33(41)42)32(40)36-26-16-8-7-15-25(26)34-20-23-11-3-1-4-12-23/h1-6,11-14,19,25-27,30,34H,7-10,15-18,20-22H2,(H,35,39)(H,36,40)(H,41,42)/t25-,26-,27-,30-/m0/s1. The highest BCUT2D eigenvalue weighted by molar-refractivity contribution is 5.96. The molecular formula is C33H41N5O5. The van der Waals surface area contributed by atoms with Crippen molar-refractivity contribution in [3.8, 4) is 0 Å². The van der Waals surface area contributed by atoms with E-state index in [1.165, 1.54) is 16.3 Å². The van der Waals surface area contributed by atoms with E-state index < -0.39 is 11.9 Å². The van der Waals surface area contributed by atoms with Crippen molar-refractivity contribution in [3.05, 3.63) is 89.2 Å². The SMILES string of the molecule is O=C(Cn1nc(C(=O)O)cc1C(=O)N[C@H]1CCCC[C@@H]1NCc1ccccc1)N[C@H]1CCCC[C@@H]1OCc1ccccc1. The van der Waals surface area contributed by atoms with E-state index in [4.69, 9.17) is 4.74 Å². The predicted molar refractivity (Wildman–Crippen MR) is 161 cm³/mol. The van der Waals surface area contributed by atoms with Gasteiger partial charge in [0.1, 0.15) is 12.2 Å². The van der Waals surface area contributed by atoms with E-state index in [0.29, 0.717) is 13.2 Å². The average Bonchev–Trinajstić information content (AvgIpc) is 3.45. The van der Waals surface area contributed by atoms with Gasteiger partial charge in [-0.15, -0.1) is 0 Å². The molecule has 228 valence electrons. The topological polar surface area (TPSA) is 135 Å². The van der Waals surface area contributed by atoms with Crippen LogP contribution in [0.2, 0.25) is 0 Å². The van der Waals surface area contributed by atoms with Gasteiger partial charge in [0, 0.05) is 24.7 Å². The van der Waals surface area contributed by atoms with Crippen molar-refractivity contribution in [2.24, 2.45) is 0 Å². The third-order valence-corrected chi connectivity index (χ3v) is 8.37. The maximum atomic E-state index is 13.5. The second-order valence-electron chi connectivity index (χ2n) is 11.5. The number of carbonyl (C=O) groups excluding carboxylic acids is 2. The maximum absolute atomic E-state index is 13.5. The zero-order valence-corrected chi connectivity index (χ0v) is 24.4. The van der Waals surface area contributed by atoms with Crippen LogP contribution in [0.1, 0.15) is 83.5 Å². The van der Waals surface area contributed by atoms with Crippen molar-refractivity contribution in [2.45, 2.75) is 95.3 Å². The summed E-state index contributed by atoms with van der Waals surface area (Å²) in [6.45, 7) is 0.889. The smallest absolute Gasteiger partial charge is 0.356 e. The fourth-order valence-electron chi connectivity index (χ4n) is 6.09. The number of hydrogen-bond donors (Lipinski definition) is 4. The molecule has 3 aromatic rings. The number of hydrogen-bond acceptors (Lipinski definition) is 6. The second-order valence-corrected chi connectivity index (χ2v) is 11.5. The number of aromatic nitrogens is 2. The molecule has 4 atom stereocenters. The van der Waals surface area contributed by atoms with E-state index in [0.717, 1.165) is 56.9 Å². The van der Waals surface area contributed by atoms with Crippen LogP contribution in [0.3, 0.4) is 0 Å². The summed E-state index contributed by atoms with van der Waals surface area (Å²) in [5.74, 6) is -2.03. The Morgan fingerprint density at radius 2 is 1.44 bits per heavy atom. The molecule has 2 fully saturated rings. The molecule has 2 amide bonds. The molecule has 0 spiro atoms. The molecule has 2 aromatic carbocycles. The van der Waals surface area contributed by atoms with E-state index in [9.17, 15) is 19.5 Å². The zero-order valence-electron chi connectivity index (χ0n) is 24.4. The molecule has 0 radical (unpaired) electrons. The molecule has 0 aliphatic heterocycles. The van der Waals surface area contributed by atoms with Crippen LogP contribution >= 0.6 is 0 Å². The van der Waals surface area contributed by atoms with Gasteiger partial charge in [-0.05, 0) is 36.8 Å². The van der Waals surface area contributed by atoms with Gasteiger partial charge < -0.3 is 25.8 Å². The molecule has 5 rings (SSSR count). The van der Waals surface area contributed by atoms with E-state index >= 15 is 0 Å². The molecule has 1 aromatic heterocycles. The molecule has 10 nitrogen and oxygen atoms in total. The molecule has 1 heterocycles. The van der Waals surface area contributed by atoms with E-state index in [2.05, 4.69) is 33.2 Å². The van der Waals surface area contributed by atoms with Crippen LogP contribution in [0.25, 0.3) is 0 Å². The Kier molecular flexibility index (Phi) is 10.6. The summed E-state index contributed by atoms with van der Waals surface area (Å²) in [5, 5.41) is 23.4.